The SMILES string of the molecule is Oc1ncnc2c[nH]nc12. The minimum absolute atomic E-state index is 0.0914. The monoisotopic (exact) mass is 136 g/mol. The van der Waals surface area contributed by atoms with Gasteiger partial charge in [-0.3, -0.25) is 5.10 Å². The van der Waals surface area contributed by atoms with Crippen LogP contribution in [0.3, 0.4) is 0 Å². The van der Waals surface area contributed by atoms with Gasteiger partial charge < -0.3 is 5.11 Å². The van der Waals surface area contributed by atoms with Crippen LogP contribution >= 0.6 is 0 Å². The maximum atomic E-state index is 9.03. The van der Waals surface area contributed by atoms with Gasteiger partial charge in [-0.15, -0.1) is 0 Å². The van der Waals surface area contributed by atoms with E-state index in [1.807, 2.05) is 0 Å². The van der Waals surface area contributed by atoms with Crippen molar-refractivity contribution in [3.05, 3.63) is 12.5 Å². The lowest BCUT2D eigenvalue weighted by atomic mass is 10.5. The highest BCUT2D eigenvalue weighted by Crippen LogP contribution is 2.14. The minimum atomic E-state index is -0.0914. The van der Waals surface area contributed by atoms with E-state index >= 15 is 0 Å². The molecule has 10 heavy (non-hydrogen) atoms. The van der Waals surface area contributed by atoms with Crippen molar-refractivity contribution in [1.82, 2.24) is 20.2 Å². The molecule has 0 radical (unpaired) electrons. The highest BCUT2D eigenvalue weighted by molar-refractivity contribution is 5.77. The topological polar surface area (TPSA) is 74.7 Å². The van der Waals surface area contributed by atoms with Gasteiger partial charge in [0.05, 0.1) is 0 Å². The average molecular weight is 136 g/mol. The first kappa shape index (κ1) is 5.16. The van der Waals surface area contributed by atoms with Crippen molar-refractivity contribution in [2.75, 3.05) is 0 Å². The van der Waals surface area contributed by atoms with Gasteiger partial charge in [-0.2, -0.15) is 10.1 Å². The van der Waals surface area contributed by atoms with Crippen LogP contribution in [0.15, 0.2) is 12.5 Å². The summed E-state index contributed by atoms with van der Waals surface area (Å²) in [7, 11) is 0. The molecule has 0 aliphatic carbocycles. The molecule has 0 spiro atoms. The van der Waals surface area contributed by atoms with Gasteiger partial charge >= 0.3 is 0 Å². The van der Waals surface area contributed by atoms with Crippen LogP contribution in [0.4, 0.5) is 0 Å². The highest BCUT2D eigenvalue weighted by Gasteiger charge is 2.01. The van der Waals surface area contributed by atoms with Crippen molar-refractivity contribution >= 4 is 11.0 Å². The normalized spacial score (nSPS) is 10.4. The Balaban J connectivity index is 2.95. The van der Waals surface area contributed by atoms with Gasteiger partial charge in [0.25, 0.3) is 0 Å². The number of nitrogens with one attached hydrogen (secondary N) is 1. The Hall–Kier alpha value is -1.65. The van der Waals surface area contributed by atoms with E-state index in [4.69, 9.17) is 5.11 Å². The second kappa shape index (κ2) is 1.66. The van der Waals surface area contributed by atoms with Crippen molar-refractivity contribution in [1.29, 1.82) is 0 Å². The molecular formula is C5H4N4O. The fourth-order valence-corrected chi connectivity index (χ4v) is 0.753. The predicted octanol–water partition coefficient (Wildman–Crippen LogP) is 0.0585. The zero-order valence-electron chi connectivity index (χ0n) is 4.94. The van der Waals surface area contributed by atoms with E-state index in [1.165, 1.54) is 6.33 Å². The van der Waals surface area contributed by atoms with E-state index in [0.717, 1.165) is 0 Å². The Bertz CT molecular complexity index is 355. The summed E-state index contributed by atoms with van der Waals surface area (Å²) >= 11 is 0. The van der Waals surface area contributed by atoms with E-state index in [9.17, 15) is 0 Å². The molecule has 0 fully saturated rings. The summed E-state index contributed by atoms with van der Waals surface area (Å²) in [5.74, 6) is -0.0914. The van der Waals surface area contributed by atoms with Crippen LogP contribution in [0.5, 0.6) is 5.88 Å². The third kappa shape index (κ3) is 0.540. The standard InChI is InChI=1S/C5H4N4O/c10-5-4-3(1-8-9-4)6-2-7-5/h1-2H,(H,8,9)(H,6,7,10). The van der Waals surface area contributed by atoms with E-state index < -0.39 is 0 Å². The molecule has 5 heteroatoms. The van der Waals surface area contributed by atoms with Crippen LogP contribution in [0.1, 0.15) is 0 Å². The lowest BCUT2D eigenvalue weighted by Crippen LogP contribution is -1.78. The number of rotatable bonds is 0. The van der Waals surface area contributed by atoms with Gasteiger partial charge in [0.15, 0.2) is 5.52 Å². The fraction of sp³-hybridized carbons (Fsp3) is 0. The molecule has 0 saturated carbocycles. The third-order valence-corrected chi connectivity index (χ3v) is 1.21. The van der Waals surface area contributed by atoms with Crippen molar-refractivity contribution in [3.8, 4) is 5.88 Å². The van der Waals surface area contributed by atoms with Crippen molar-refractivity contribution < 1.29 is 5.11 Å². The molecule has 2 heterocycles. The molecule has 2 aromatic heterocycles. The van der Waals surface area contributed by atoms with Crippen LogP contribution < -0.4 is 0 Å². The van der Waals surface area contributed by atoms with E-state index in [-0.39, 0.29) is 5.88 Å². The van der Waals surface area contributed by atoms with Gasteiger partial charge in [0.1, 0.15) is 11.8 Å². The van der Waals surface area contributed by atoms with E-state index in [2.05, 4.69) is 20.2 Å². The fourth-order valence-electron chi connectivity index (χ4n) is 0.753. The number of nitrogens with zero attached hydrogens (tertiary/aromatic N) is 3. The first-order valence-corrected chi connectivity index (χ1v) is 2.71. The Kier molecular flexibility index (Phi) is 0.858. The molecule has 50 valence electrons. The van der Waals surface area contributed by atoms with Crippen LogP contribution in [-0.4, -0.2) is 25.3 Å². The number of H-pyrrole nitrogens is 1. The Morgan fingerprint density at radius 2 is 2.30 bits per heavy atom. The molecule has 5 nitrogen and oxygen atoms in total. The predicted molar refractivity (Wildman–Crippen MR) is 33.3 cm³/mol. The van der Waals surface area contributed by atoms with Crippen molar-refractivity contribution in [2.45, 2.75) is 0 Å². The molecule has 2 N–H and O–H groups in total. The molecule has 0 amide bonds. The van der Waals surface area contributed by atoms with Crippen LogP contribution in [0.2, 0.25) is 0 Å². The van der Waals surface area contributed by atoms with Gasteiger partial charge in [-0.05, 0) is 0 Å². The number of aromatic hydroxyl groups is 1. The zero-order chi connectivity index (χ0) is 6.97. The molecule has 0 aliphatic heterocycles. The van der Waals surface area contributed by atoms with Crippen LogP contribution in [-0.2, 0) is 0 Å². The smallest absolute Gasteiger partial charge is 0.243 e. The first-order valence-electron chi connectivity index (χ1n) is 2.71. The van der Waals surface area contributed by atoms with Crippen molar-refractivity contribution in [2.24, 2.45) is 0 Å². The van der Waals surface area contributed by atoms with Gasteiger partial charge in [0, 0.05) is 6.20 Å². The highest BCUT2D eigenvalue weighted by atomic mass is 16.3. The summed E-state index contributed by atoms with van der Waals surface area (Å²) in [6.45, 7) is 0. The number of aromatic nitrogens is 4. The number of hydrogen-bond acceptors (Lipinski definition) is 4. The molecule has 0 aromatic carbocycles. The minimum Gasteiger partial charge on any atom is -0.492 e. The molecular weight excluding hydrogens is 132 g/mol. The summed E-state index contributed by atoms with van der Waals surface area (Å²) < 4.78 is 0. The van der Waals surface area contributed by atoms with Gasteiger partial charge in [-0.1, -0.05) is 0 Å². The Labute approximate surface area is 55.7 Å². The second-order valence-corrected chi connectivity index (χ2v) is 1.82. The number of aromatic amines is 1. The number of fused-ring (bicyclic) bond motifs is 1. The van der Waals surface area contributed by atoms with Gasteiger partial charge in [0.2, 0.25) is 5.88 Å². The summed E-state index contributed by atoms with van der Waals surface area (Å²) in [4.78, 5) is 7.38. The van der Waals surface area contributed by atoms with Gasteiger partial charge in [-0.25, -0.2) is 4.98 Å². The molecule has 2 rings (SSSR count). The maximum absolute atomic E-state index is 9.03. The largest absolute Gasteiger partial charge is 0.492 e. The van der Waals surface area contributed by atoms with Crippen LogP contribution in [0.25, 0.3) is 11.0 Å². The lowest BCUT2D eigenvalue weighted by molar-refractivity contribution is 0.458. The van der Waals surface area contributed by atoms with E-state index in [1.54, 1.807) is 6.20 Å². The molecule has 2 aromatic rings. The Morgan fingerprint density at radius 1 is 1.40 bits per heavy atom. The molecule has 0 saturated heterocycles. The maximum Gasteiger partial charge on any atom is 0.243 e. The zero-order valence-corrected chi connectivity index (χ0v) is 4.94. The third-order valence-electron chi connectivity index (χ3n) is 1.21. The second-order valence-electron chi connectivity index (χ2n) is 1.82. The average Bonchev–Trinajstić information content (AvgIpc) is 2.36. The summed E-state index contributed by atoms with van der Waals surface area (Å²) in [6, 6.07) is 0. The lowest BCUT2D eigenvalue weighted by Gasteiger charge is -1.87. The van der Waals surface area contributed by atoms with E-state index in [0.29, 0.717) is 11.0 Å². The van der Waals surface area contributed by atoms with Crippen molar-refractivity contribution in [3.63, 3.8) is 0 Å². The molecule has 0 aliphatic rings. The summed E-state index contributed by atoms with van der Waals surface area (Å²) in [6.07, 6.45) is 2.88. The summed E-state index contributed by atoms with van der Waals surface area (Å²) in [5.41, 5.74) is 1.02. The number of hydrogen-bond donors (Lipinski definition) is 2. The first-order chi connectivity index (χ1) is 4.88. The molecule has 0 atom stereocenters. The summed E-state index contributed by atoms with van der Waals surface area (Å²) in [5, 5.41) is 15.3. The molecule has 0 bridgehead atoms. The Morgan fingerprint density at radius 3 is 3.10 bits per heavy atom. The molecule has 0 unspecified atom stereocenters. The quantitative estimate of drug-likeness (QED) is 0.537. The van der Waals surface area contributed by atoms with Crippen LogP contribution in [0, 0.1) is 0 Å².